The third-order valence-corrected chi connectivity index (χ3v) is 5.68. The summed E-state index contributed by atoms with van der Waals surface area (Å²) in [5.74, 6) is 0.645. The molecule has 0 unspecified atom stereocenters. The quantitative estimate of drug-likeness (QED) is 0.801. The van der Waals surface area contributed by atoms with Crippen molar-refractivity contribution < 1.29 is 22.7 Å². The molecule has 0 bridgehead atoms. The van der Waals surface area contributed by atoms with Gasteiger partial charge in [0.15, 0.2) is 0 Å². The zero-order valence-electron chi connectivity index (χ0n) is 15.1. The van der Waals surface area contributed by atoms with Gasteiger partial charge in [0.05, 0.1) is 31.3 Å². The summed E-state index contributed by atoms with van der Waals surface area (Å²) in [4.78, 5) is 12.6. The normalized spacial score (nSPS) is 10.9. The number of carbonyl (C=O) groups is 1. The summed E-state index contributed by atoms with van der Waals surface area (Å²) in [7, 11) is 1.08. The van der Waals surface area contributed by atoms with Crippen molar-refractivity contribution in [3.05, 3.63) is 48.0 Å². The topological polar surface area (TPSA) is 84.9 Å². The van der Waals surface area contributed by atoms with Gasteiger partial charge < -0.3 is 14.8 Å². The first-order valence-corrected chi connectivity index (χ1v) is 9.53. The Balaban J connectivity index is 2.30. The average molecular weight is 378 g/mol. The van der Waals surface area contributed by atoms with Crippen LogP contribution >= 0.6 is 0 Å². The van der Waals surface area contributed by atoms with Gasteiger partial charge in [-0.3, -0.25) is 9.10 Å². The Bertz CT molecular complexity index is 896. The van der Waals surface area contributed by atoms with Crippen molar-refractivity contribution in [2.75, 3.05) is 36.6 Å². The highest BCUT2D eigenvalue weighted by atomic mass is 32.2. The molecule has 0 fully saturated rings. The van der Waals surface area contributed by atoms with E-state index in [9.17, 15) is 13.2 Å². The maximum Gasteiger partial charge on any atom is 0.255 e. The molecule has 7 nitrogen and oxygen atoms in total. The van der Waals surface area contributed by atoms with Crippen LogP contribution in [0.1, 0.15) is 17.3 Å². The molecule has 0 saturated carbocycles. The number of amides is 1. The number of benzene rings is 2. The molecule has 0 aliphatic rings. The standard InChI is InChI=1S/C18H22N2O5S/c1-5-26(22,23)20(2)14-8-6-7-13(11-14)18(21)19-16-12-15(24-3)9-10-17(16)25-4/h6-12H,5H2,1-4H3,(H,19,21). The predicted octanol–water partition coefficient (Wildman–Crippen LogP) is 2.74. The summed E-state index contributed by atoms with van der Waals surface area (Å²) in [5.41, 5.74) is 1.19. The van der Waals surface area contributed by atoms with Crippen LogP contribution in [0.5, 0.6) is 11.5 Å². The summed E-state index contributed by atoms with van der Waals surface area (Å²) in [5, 5.41) is 2.76. The number of sulfonamides is 1. The highest BCUT2D eigenvalue weighted by Gasteiger charge is 2.18. The van der Waals surface area contributed by atoms with Gasteiger partial charge >= 0.3 is 0 Å². The number of carbonyl (C=O) groups excluding carboxylic acids is 1. The summed E-state index contributed by atoms with van der Waals surface area (Å²) in [6.07, 6.45) is 0. The highest BCUT2D eigenvalue weighted by molar-refractivity contribution is 7.92. The van der Waals surface area contributed by atoms with Crippen LogP contribution in [0, 0.1) is 0 Å². The molecule has 0 aromatic heterocycles. The molecule has 0 spiro atoms. The van der Waals surface area contributed by atoms with Crippen molar-refractivity contribution in [1.29, 1.82) is 0 Å². The van der Waals surface area contributed by atoms with Crippen molar-refractivity contribution in [2.45, 2.75) is 6.92 Å². The minimum Gasteiger partial charge on any atom is -0.497 e. The fourth-order valence-electron chi connectivity index (χ4n) is 2.30. The van der Waals surface area contributed by atoms with Crippen LogP contribution in [0.3, 0.4) is 0 Å². The smallest absolute Gasteiger partial charge is 0.255 e. The summed E-state index contributed by atoms with van der Waals surface area (Å²) < 4.78 is 35.6. The average Bonchev–Trinajstić information content (AvgIpc) is 2.67. The first kappa shape index (κ1) is 19.6. The van der Waals surface area contributed by atoms with E-state index in [4.69, 9.17) is 9.47 Å². The Morgan fingerprint density at radius 3 is 2.46 bits per heavy atom. The van der Waals surface area contributed by atoms with E-state index in [1.165, 1.54) is 27.3 Å². The number of nitrogens with zero attached hydrogens (tertiary/aromatic N) is 1. The number of methoxy groups -OCH3 is 2. The second kappa shape index (κ2) is 8.09. The second-order valence-corrected chi connectivity index (χ2v) is 7.73. The van der Waals surface area contributed by atoms with Crippen LogP contribution in [0.2, 0.25) is 0 Å². The van der Waals surface area contributed by atoms with Crippen molar-refractivity contribution in [3.8, 4) is 11.5 Å². The van der Waals surface area contributed by atoms with E-state index in [2.05, 4.69) is 5.32 Å². The Labute approximate surface area is 153 Å². The van der Waals surface area contributed by atoms with Crippen molar-refractivity contribution >= 4 is 27.3 Å². The molecule has 0 saturated heterocycles. The Morgan fingerprint density at radius 2 is 1.85 bits per heavy atom. The third-order valence-electron chi connectivity index (χ3n) is 3.91. The molecule has 0 aliphatic heterocycles. The lowest BCUT2D eigenvalue weighted by atomic mass is 10.1. The van der Waals surface area contributed by atoms with E-state index in [0.717, 1.165) is 4.31 Å². The molecule has 140 valence electrons. The van der Waals surface area contributed by atoms with Crippen LogP contribution in [0.25, 0.3) is 0 Å². The zero-order chi connectivity index (χ0) is 19.3. The molecular weight excluding hydrogens is 356 g/mol. The van der Waals surface area contributed by atoms with Gasteiger partial charge in [0.1, 0.15) is 11.5 Å². The van der Waals surface area contributed by atoms with Gasteiger partial charge in [-0.15, -0.1) is 0 Å². The lowest BCUT2D eigenvalue weighted by Gasteiger charge is -2.19. The first-order valence-electron chi connectivity index (χ1n) is 7.92. The monoisotopic (exact) mass is 378 g/mol. The Morgan fingerprint density at radius 1 is 1.12 bits per heavy atom. The molecule has 0 radical (unpaired) electrons. The Kier molecular flexibility index (Phi) is 6.10. The van der Waals surface area contributed by atoms with Crippen molar-refractivity contribution in [1.82, 2.24) is 0 Å². The SMILES string of the molecule is CCS(=O)(=O)N(C)c1cccc(C(=O)Nc2cc(OC)ccc2OC)c1. The number of nitrogens with one attached hydrogen (secondary N) is 1. The van der Waals surface area contributed by atoms with Gasteiger partial charge in [0.25, 0.3) is 5.91 Å². The van der Waals surface area contributed by atoms with Gasteiger partial charge in [-0.05, 0) is 37.3 Å². The van der Waals surface area contributed by atoms with Gasteiger partial charge in [-0.1, -0.05) is 6.07 Å². The van der Waals surface area contributed by atoms with Crippen LogP contribution in [0.15, 0.2) is 42.5 Å². The van der Waals surface area contributed by atoms with E-state index < -0.39 is 10.0 Å². The number of ether oxygens (including phenoxy) is 2. The molecule has 1 N–H and O–H groups in total. The minimum absolute atomic E-state index is 0.0269. The van der Waals surface area contributed by atoms with Crippen LogP contribution < -0.4 is 19.1 Å². The van der Waals surface area contributed by atoms with E-state index in [0.29, 0.717) is 28.4 Å². The number of hydrogen-bond donors (Lipinski definition) is 1. The molecule has 1 amide bonds. The van der Waals surface area contributed by atoms with E-state index >= 15 is 0 Å². The molecule has 0 atom stereocenters. The molecular formula is C18H22N2O5S. The summed E-state index contributed by atoms with van der Waals surface area (Å²) in [6.45, 7) is 1.57. The molecule has 2 aromatic carbocycles. The molecule has 0 heterocycles. The first-order chi connectivity index (χ1) is 12.3. The van der Waals surface area contributed by atoms with Crippen molar-refractivity contribution in [2.24, 2.45) is 0 Å². The largest absolute Gasteiger partial charge is 0.497 e. The molecule has 2 rings (SSSR count). The van der Waals surface area contributed by atoms with E-state index in [-0.39, 0.29) is 11.7 Å². The number of hydrogen-bond acceptors (Lipinski definition) is 5. The van der Waals surface area contributed by atoms with Crippen LogP contribution in [-0.4, -0.2) is 41.3 Å². The summed E-state index contributed by atoms with van der Waals surface area (Å²) in [6, 6.07) is 11.5. The maximum absolute atomic E-state index is 12.6. The van der Waals surface area contributed by atoms with Gasteiger partial charge in [0, 0.05) is 18.7 Å². The van der Waals surface area contributed by atoms with Crippen molar-refractivity contribution in [3.63, 3.8) is 0 Å². The molecule has 26 heavy (non-hydrogen) atoms. The van der Waals surface area contributed by atoms with Gasteiger partial charge in [0.2, 0.25) is 10.0 Å². The van der Waals surface area contributed by atoms with Gasteiger partial charge in [-0.2, -0.15) is 0 Å². The fourth-order valence-corrected chi connectivity index (χ4v) is 3.13. The third kappa shape index (κ3) is 4.26. The molecule has 0 aliphatic carbocycles. The number of rotatable bonds is 7. The van der Waals surface area contributed by atoms with Gasteiger partial charge in [-0.25, -0.2) is 8.42 Å². The molecule has 2 aromatic rings. The minimum atomic E-state index is -3.41. The lowest BCUT2D eigenvalue weighted by Crippen LogP contribution is -2.28. The van der Waals surface area contributed by atoms with Crippen LogP contribution in [0.4, 0.5) is 11.4 Å². The van der Waals surface area contributed by atoms with Crippen LogP contribution in [-0.2, 0) is 10.0 Å². The number of anilines is 2. The maximum atomic E-state index is 12.6. The van der Waals surface area contributed by atoms with E-state index in [1.54, 1.807) is 43.3 Å². The predicted molar refractivity (Wildman–Crippen MR) is 102 cm³/mol. The summed E-state index contributed by atoms with van der Waals surface area (Å²) >= 11 is 0. The second-order valence-electron chi connectivity index (χ2n) is 5.44. The fraction of sp³-hybridized carbons (Fsp3) is 0.278. The zero-order valence-corrected chi connectivity index (χ0v) is 16.0. The Hall–Kier alpha value is -2.74. The molecule has 8 heteroatoms. The highest BCUT2D eigenvalue weighted by Crippen LogP contribution is 2.29. The van der Waals surface area contributed by atoms with E-state index in [1.807, 2.05) is 0 Å². The lowest BCUT2D eigenvalue weighted by molar-refractivity contribution is 0.102.